The smallest absolute Gasteiger partial charge is 0.0582 e. The molecule has 1 heterocycles. The Morgan fingerprint density at radius 3 is 2.89 bits per heavy atom. The van der Waals surface area contributed by atoms with E-state index >= 15 is 0 Å². The largest absolute Gasteiger partial charge is 0.378 e. The molecule has 0 saturated carbocycles. The first-order valence-corrected chi connectivity index (χ1v) is 7.19. The lowest BCUT2D eigenvalue weighted by molar-refractivity contribution is 0.0977. The van der Waals surface area contributed by atoms with E-state index in [0.29, 0.717) is 12.0 Å². The zero-order chi connectivity index (χ0) is 12.8. The summed E-state index contributed by atoms with van der Waals surface area (Å²) < 4.78 is 5.80. The SMILES string of the molecule is CCNCC(CC1CCCO1)c1ccccc1C. The van der Waals surface area contributed by atoms with Crippen LogP contribution in [0.3, 0.4) is 0 Å². The number of ether oxygens (including phenoxy) is 1. The van der Waals surface area contributed by atoms with Crippen molar-refractivity contribution in [2.45, 2.75) is 45.1 Å². The molecule has 1 aromatic carbocycles. The fraction of sp³-hybridized carbons (Fsp3) is 0.625. The van der Waals surface area contributed by atoms with E-state index in [2.05, 4.69) is 43.4 Å². The average molecular weight is 247 g/mol. The second-order valence-electron chi connectivity index (χ2n) is 5.23. The molecular weight excluding hydrogens is 222 g/mol. The van der Waals surface area contributed by atoms with Crippen LogP contribution in [0.5, 0.6) is 0 Å². The number of benzene rings is 1. The summed E-state index contributed by atoms with van der Waals surface area (Å²) in [7, 11) is 0. The van der Waals surface area contributed by atoms with Crippen molar-refractivity contribution in [1.29, 1.82) is 0 Å². The summed E-state index contributed by atoms with van der Waals surface area (Å²) in [5.74, 6) is 0.578. The van der Waals surface area contributed by atoms with Gasteiger partial charge >= 0.3 is 0 Å². The Bertz CT molecular complexity index is 358. The van der Waals surface area contributed by atoms with Gasteiger partial charge in [-0.1, -0.05) is 31.2 Å². The summed E-state index contributed by atoms with van der Waals surface area (Å²) in [4.78, 5) is 0. The third-order valence-electron chi connectivity index (χ3n) is 3.84. The number of hydrogen-bond donors (Lipinski definition) is 1. The van der Waals surface area contributed by atoms with Gasteiger partial charge in [0.2, 0.25) is 0 Å². The van der Waals surface area contributed by atoms with Crippen LogP contribution in [-0.4, -0.2) is 25.8 Å². The summed E-state index contributed by atoms with van der Waals surface area (Å²) in [6.07, 6.45) is 4.08. The van der Waals surface area contributed by atoms with Crippen LogP contribution >= 0.6 is 0 Å². The van der Waals surface area contributed by atoms with Crippen LogP contribution in [0.2, 0.25) is 0 Å². The minimum atomic E-state index is 0.466. The summed E-state index contributed by atoms with van der Waals surface area (Å²) in [5.41, 5.74) is 2.88. The van der Waals surface area contributed by atoms with Crippen LogP contribution in [0.15, 0.2) is 24.3 Å². The Hall–Kier alpha value is -0.860. The van der Waals surface area contributed by atoms with E-state index in [1.807, 2.05) is 0 Å². The van der Waals surface area contributed by atoms with Gasteiger partial charge in [-0.05, 0) is 49.8 Å². The lowest BCUT2D eigenvalue weighted by atomic mass is 9.89. The van der Waals surface area contributed by atoms with Crippen LogP contribution in [-0.2, 0) is 4.74 Å². The van der Waals surface area contributed by atoms with Gasteiger partial charge in [0.1, 0.15) is 0 Å². The van der Waals surface area contributed by atoms with Gasteiger partial charge in [0, 0.05) is 13.2 Å². The summed E-state index contributed by atoms with van der Waals surface area (Å²) in [6, 6.07) is 8.75. The molecule has 0 aliphatic carbocycles. The number of aryl methyl sites for hydroxylation is 1. The lowest BCUT2D eigenvalue weighted by Gasteiger charge is -2.22. The summed E-state index contributed by atoms with van der Waals surface area (Å²) in [5, 5.41) is 3.49. The maximum Gasteiger partial charge on any atom is 0.0582 e. The van der Waals surface area contributed by atoms with Gasteiger partial charge in [-0.25, -0.2) is 0 Å². The third kappa shape index (κ3) is 3.56. The van der Waals surface area contributed by atoms with E-state index < -0.39 is 0 Å². The molecule has 2 heteroatoms. The first-order valence-electron chi connectivity index (χ1n) is 7.19. The van der Waals surface area contributed by atoms with Crippen LogP contribution in [0.1, 0.15) is 43.2 Å². The van der Waals surface area contributed by atoms with Crippen LogP contribution < -0.4 is 5.32 Å². The minimum Gasteiger partial charge on any atom is -0.378 e. The zero-order valence-corrected chi connectivity index (χ0v) is 11.6. The molecule has 1 N–H and O–H groups in total. The Labute approximate surface area is 111 Å². The molecule has 2 rings (SSSR count). The first kappa shape index (κ1) is 13.6. The highest BCUT2D eigenvalue weighted by Crippen LogP contribution is 2.28. The van der Waals surface area contributed by atoms with Crippen molar-refractivity contribution in [3.8, 4) is 0 Å². The number of likely N-dealkylation sites (N-methyl/N-ethyl adjacent to an activating group) is 1. The maximum absolute atomic E-state index is 5.80. The van der Waals surface area contributed by atoms with Crippen molar-refractivity contribution in [2.75, 3.05) is 19.7 Å². The number of nitrogens with one attached hydrogen (secondary N) is 1. The fourth-order valence-electron chi connectivity index (χ4n) is 2.83. The van der Waals surface area contributed by atoms with Crippen molar-refractivity contribution in [3.63, 3.8) is 0 Å². The molecule has 2 unspecified atom stereocenters. The van der Waals surface area contributed by atoms with Gasteiger partial charge in [-0.2, -0.15) is 0 Å². The Morgan fingerprint density at radius 2 is 2.22 bits per heavy atom. The predicted octanol–water partition coefficient (Wildman–Crippen LogP) is 3.26. The molecular formula is C16H25NO. The normalized spacial score (nSPS) is 21.1. The lowest BCUT2D eigenvalue weighted by Crippen LogP contribution is -2.25. The van der Waals surface area contributed by atoms with Crippen LogP contribution in [0.25, 0.3) is 0 Å². The number of rotatable bonds is 6. The molecule has 0 spiro atoms. The highest BCUT2D eigenvalue weighted by atomic mass is 16.5. The van der Waals surface area contributed by atoms with Crippen LogP contribution in [0, 0.1) is 6.92 Å². The van der Waals surface area contributed by atoms with Gasteiger partial charge in [-0.3, -0.25) is 0 Å². The summed E-state index contributed by atoms with van der Waals surface area (Å²) >= 11 is 0. The van der Waals surface area contributed by atoms with Crippen molar-refractivity contribution in [3.05, 3.63) is 35.4 Å². The van der Waals surface area contributed by atoms with E-state index in [0.717, 1.165) is 26.1 Å². The van der Waals surface area contributed by atoms with E-state index in [9.17, 15) is 0 Å². The predicted molar refractivity (Wildman–Crippen MR) is 76.1 cm³/mol. The third-order valence-corrected chi connectivity index (χ3v) is 3.84. The second kappa shape index (κ2) is 6.91. The zero-order valence-electron chi connectivity index (χ0n) is 11.6. The quantitative estimate of drug-likeness (QED) is 0.833. The molecule has 0 amide bonds. The number of hydrogen-bond acceptors (Lipinski definition) is 2. The Balaban J connectivity index is 2.06. The Morgan fingerprint density at radius 1 is 1.39 bits per heavy atom. The van der Waals surface area contributed by atoms with Crippen molar-refractivity contribution < 1.29 is 4.74 Å². The molecule has 1 aromatic rings. The molecule has 0 radical (unpaired) electrons. The second-order valence-corrected chi connectivity index (χ2v) is 5.23. The monoisotopic (exact) mass is 247 g/mol. The van der Waals surface area contributed by atoms with Crippen molar-refractivity contribution >= 4 is 0 Å². The van der Waals surface area contributed by atoms with Gasteiger partial charge in [0.25, 0.3) is 0 Å². The molecule has 18 heavy (non-hydrogen) atoms. The van der Waals surface area contributed by atoms with E-state index in [1.165, 1.54) is 24.0 Å². The first-order chi connectivity index (χ1) is 8.81. The van der Waals surface area contributed by atoms with E-state index in [4.69, 9.17) is 4.74 Å². The van der Waals surface area contributed by atoms with Crippen LogP contribution in [0.4, 0.5) is 0 Å². The highest BCUT2D eigenvalue weighted by Gasteiger charge is 2.22. The molecule has 0 aromatic heterocycles. The Kier molecular flexibility index (Phi) is 5.21. The topological polar surface area (TPSA) is 21.3 Å². The van der Waals surface area contributed by atoms with E-state index in [1.54, 1.807) is 0 Å². The molecule has 1 aliphatic rings. The molecule has 100 valence electrons. The fourth-order valence-corrected chi connectivity index (χ4v) is 2.83. The standard InChI is InChI=1S/C16H25NO/c1-3-17-12-14(11-15-8-6-10-18-15)16-9-5-4-7-13(16)2/h4-5,7,9,14-15,17H,3,6,8,10-12H2,1-2H3. The van der Waals surface area contributed by atoms with Gasteiger partial charge in [0.05, 0.1) is 6.10 Å². The minimum absolute atomic E-state index is 0.466. The van der Waals surface area contributed by atoms with Crippen molar-refractivity contribution in [2.24, 2.45) is 0 Å². The average Bonchev–Trinajstić information content (AvgIpc) is 2.88. The molecule has 1 saturated heterocycles. The molecule has 2 nitrogen and oxygen atoms in total. The van der Waals surface area contributed by atoms with Gasteiger partial charge in [0.15, 0.2) is 0 Å². The van der Waals surface area contributed by atoms with Gasteiger partial charge in [-0.15, -0.1) is 0 Å². The summed E-state index contributed by atoms with van der Waals surface area (Å²) in [6.45, 7) is 7.42. The molecule has 1 aliphatic heterocycles. The van der Waals surface area contributed by atoms with Crippen molar-refractivity contribution in [1.82, 2.24) is 5.32 Å². The van der Waals surface area contributed by atoms with Gasteiger partial charge < -0.3 is 10.1 Å². The molecule has 1 fully saturated rings. The molecule has 0 bridgehead atoms. The maximum atomic E-state index is 5.80. The highest BCUT2D eigenvalue weighted by molar-refractivity contribution is 5.29. The van der Waals surface area contributed by atoms with E-state index in [-0.39, 0.29) is 0 Å². The molecule has 2 atom stereocenters.